The third-order valence-corrected chi connectivity index (χ3v) is 7.33. The molecular formula is C24H22BrN3O7S. The molecule has 0 aromatic heterocycles. The van der Waals surface area contributed by atoms with Crippen LogP contribution in [0.3, 0.4) is 0 Å². The molecule has 2 aromatic rings. The van der Waals surface area contributed by atoms with Gasteiger partial charge in [-0.2, -0.15) is 0 Å². The van der Waals surface area contributed by atoms with E-state index in [2.05, 4.69) is 15.9 Å². The normalized spacial score (nSPS) is 16.7. The summed E-state index contributed by atoms with van der Waals surface area (Å²) < 4.78 is 11.9. The van der Waals surface area contributed by atoms with E-state index >= 15 is 0 Å². The predicted octanol–water partition coefficient (Wildman–Crippen LogP) is 4.60. The van der Waals surface area contributed by atoms with Crippen LogP contribution >= 0.6 is 27.7 Å². The van der Waals surface area contributed by atoms with E-state index in [-0.39, 0.29) is 29.7 Å². The van der Waals surface area contributed by atoms with Crippen molar-refractivity contribution in [2.75, 3.05) is 26.7 Å². The minimum Gasteiger partial charge on any atom is -0.493 e. The molecule has 0 bridgehead atoms. The lowest BCUT2D eigenvalue weighted by Gasteiger charge is -2.18. The Kier molecular flexibility index (Phi) is 7.94. The molecule has 0 aliphatic carbocycles. The fraction of sp³-hybridized carbons (Fsp3) is 0.292. The van der Waals surface area contributed by atoms with Gasteiger partial charge in [0.25, 0.3) is 16.8 Å². The molecule has 2 aliphatic heterocycles. The predicted molar refractivity (Wildman–Crippen MR) is 137 cm³/mol. The van der Waals surface area contributed by atoms with E-state index in [0.29, 0.717) is 34.6 Å². The third-order valence-electron chi connectivity index (χ3n) is 5.74. The number of methoxy groups -OCH3 is 1. The Bertz CT molecular complexity index is 1240. The number of hydrogen-bond donors (Lipinski definition) is 0. The number of amides is 3. The van der Waals surface area contributed by atoms with Crippen molar-refractivity contribution in [3.63, 3.8) is 0 Å². The molecule has 2 aromatic carbocycles. The van der Waals surface area contributed by atoms with Crippen LogP contribution in [0.15, 0.2) is 45.8 Å². The number of rotatable bonds is 8. The van der Waals surface area contributed by atoms with Crippen LogP contribution in [0, 0.1) is 10.1 Å². The Labute approximate surface area is 219 Å². The minimum absolute atomic E-state index is 0.00625. The van der Waals surface area contributed by atoms with E-state index in [0.717, 1.165) is 35.1 Å². The lowest BCUT2D eigenvalue weighted by molar-refractivity contribution is -0.384. The van der Waals surface area contributed by atoms with Crippen molar-refractivity contribution in [2.45, 2.75) is 19.4 Å². The molecule has 12 heteroatoms. The quantitative estimate of drug-likeness (QED) is 0.254. The summed E-state index contributed by atoms with van der Waals surface area (Å²) >= 11 is 4.25. The lowest BCUT2D eigenvalue weighted by atomic mass is 10.1. The average molecular weight is 576 g/mol. The number of imide groups is 1. The number of nitro groups is 1. The van der Waals surface area contributed by atoms with Gasteiger partial charge in [0.15, 0.2) is 11.5 Å². The number of non-ortho nitro benzene ring substituents is 1. The number of thioether (sulfide) groups is 1. The smallest absolute Gasteiger partial charge is 0.294 e. The van der Waals surface area contributed by atoms with Gasteiger partial charge in [0.1, 0.15) is 13.2 Å². The number of ether oxygens (including phenoxy) is 2. The standard InChI is InChI=1S/C24H22BrN3O7S/c1-34-19-10-16(18(25)12-20(19)35-14-15-4-6-17(7-5-15)28(32)33)11-21-23(30)27(24(31)36-21)13-22(29)26-8-2-3-9-26/h4-7,10-12H,2-3,8-9,13-14H2,1H3/b21-11-. The molecule has 10 nitrogen and oxygen atoms in total. The van der Waals surface area contributed by atoms with Crippen molar-refractivity contribution < 1.29 is 28.8 Å². The van der Waals surface area contributed by atoms with Gasteiger partial charge in [-0.25, -0.2) is 0 Å². The Balaban J connectivity index is 1.47. The molecule has 2 aliphatic rings. The van der Waals surface area contributed by atoms with Gasteiger partial charge in [0.05, 0.1) is 16.9 Å². The Morgan fingerprint density at radius 3 is 2.50 bits per heavy atom. The first-order chi connectivity index (χ1) is 17.3. The van der Waals surface area contributed by atoms with Crippen molar-refractivity contribution in [1.82, 2.24) is 9.80 Å². The maximum Gasteiger partial charge on any atom is 0.294 e. The molecular weight excluding hydrogens is 554 g/mol. The van der Waals surface area contributed by atoms with Gasteiger partial charge in [-0.15, -0.1) is 0 Å². The largest absolute Gasteiger partial charge is 0.493 e. The molecule has 2 saturated heterocycles. The summed E-state index contributed by atoms with van der Waals surface area (Å²) in [5.41, 5.74) is 1.32. The van der Waals surface area contributed by atoms with E-state index in [1.165, 1.54) is 19.2 Å². The van der Waals surface area contributed by atoms with Crippen LogP contribution in [0.2, 0.25) is 0 Å². The summed E-state index contributed by atoms with van der Waals surface area (Å²) in [6, 6.07) is 9.37. The SMILES string of the molecule is COc1cc(/C=C2\SC(=O)N(CC(=O)N3CCCC3)C2=O)c(Br)cc1OCc1ccc([N+](=O)[O-])cc1. The monoisotopic (exact) mass is 575 g/mol. The topological polar surface area (TPSA) is 119 Å². The van der Waals surface area contributed by atoms with Crippen molar-refractivity contribution in [3.05, 3.63) is 67.0 Å². The second kappa shape index (κ2) is 11.1. The molecule has 2 heterocycles. The Morgan fingerprint density at radius 2 is 1.86 bits per heavy atom. The van der Waals surface area contributed by atoms with Gasteiger partial charge >= 0.3 is 0 Å². The molecule has 4 rings (SSSR count). The van der Waals surface area contributed by atoms with Crippen LogP contribution in [0.25, 0.3) is 6.08 Å². The van der Waals surface area contributed by atoms with Crippen molar-refractivity contribution in [1.29, 1.82) is 0 Å². The van der Waals surface area contributed by atoms with Crippen LogP contribution in [0.1, 0.15) is 24.0 Å². The number of carbonyl (C=O) groups excluding carboxylic acids is 3. The van der Waals surface area contributed by atoms with Crippen LogP contribution in [0.4, 0.5) is 10.5 Å². The number of nitro benzene ring substituents is 1. The number of benzene rings is 2. The van der Waals surface area contributed by atoms with Gasteiger partial charge < -0.3 is 14.4 Å². The van der Waals surface area contributed by atoms with Crippen LogP contribution < -0.4 is 9.47 Å². The summed E-state index contributed by atoms with van der Waals surface area (Å²) in [7, 11) is 1.48. The number of carbonyl (C=O) groups is 3. The second-order valence-electron chi connectivity index (χ2n) is 8.09. The summed E-state index contributed by atoms with van der Waals surface area (Å²) in [6.45, 7) is 1.19. The molecule has 2 fully saturated rings. The highest BCUT2D eigenvalue weighted by Gasteiger charge is 2.37. The van der Waals surface area contributed by atoms with Crippen molar-refractivity contribution in [2.24, 2.45) is 0 Å². The zero-order chi connectivity index (χ0) is 25.8. The lowest BCUT2D eigenvalue weighted by Crippen LogP contribution is -2.40. The van der Waals surface area contributed by atoms with Crippen LogP contribution in [-0.2, 0) is 16.2 Å². The highest BCUT2D eigenvalue weighted by atomic mass is 79.9. The fourth-order valence-electron chi connectivity index (χ4n) is 3.79. The van der Waals surface area contributed by atoms with E-state index in [9.17, 15) is 24.5 Å². The molecule has 0 unspecified atom stereocenters. The number of hydrogen-bond acceptors (Lipinski definition) is 8. The minimum atomic E-state index is -0.512. The highest BCUT2D eigenvalue weighted by Crippen LogP contribution is 2.38. The highest BCUT2D eigenvalue weighted by molar-refractivity contribution is 9.10. The van der Waals surface area contributed by atoms with Gasteiger partial charge in [-0.3, -0.25) is 29.4 Å². The van der Waals surface area contributed by atoms with Crippen molar-refractivity contribution >= 4 is 56.5 Å². The zero-order valence-corrected chi connectivity index (χ0v) is 21.7. The van der Waals surface area contributed by atoms with Gasteiger partial charge in [-0.1, -0.05) is 15.9 Å². The first-order valence-corrected chi connectivity index (χ1v) is 12.6. The molecule has 0 N–H and O–H groups in total. The molecule has 188 valence electrons. The molecule has 0 spiro atoms. The summed E-state index contributed by atoms with van der Waals surface area (Å²) in [4.78, 5) is 50.9. The number of nitrogens with zero attached hydrogens (tertiary/aromatic N) is 3. The van der Waals surface area contributed by atoms with Crippen LogP contribution in [0.5, 0.6) is 11.5 Å². The molecule has 0 radical (unpaired) electrons. The molecule has 0 atom stereocenters. The van der Waals surface area contributed by atoms with Gasteiger partial charge in [0, 0.05) is 29.7 Å². The van der Waals surface area contributed by atoms with Crippen LogP contribution in [-0.4, -0.2) is 58.5 Å². The van der Waals surface area contributed by atoms with Crippen molar-refractivity contribution in [3.8, 4) is 11.5 Å². The van der Waals surface area contributed by atoms with Gasteiger partial charge in [0.2, 0.25) is 5.91 Å². The molecule has 36 heavy (non-hydrogen) atoms. The Morgan fingerprint density at radius 1 is 1.17 bits per heavy atom. The molecule has 0 saturated carbocycles. The third kappa shape index (κ3) is 5.71. The van der Waals surface area contributed by atoms with Gasteiger partial charge in [-0.05, 0) is 66.1 Å². The first-order valence-electron chi connectivity index (χ1n) is 11.0. The maximum atomic E-state index is 12.9. The van der Waals surface area contributed by atoms with E-state index in [4.69, 9.17) is 9.47 Å². The van der Waals surface area contributed by atoms with E-state index < -0.39 is 16.1 Å². The van der Waals surface area contributed by atoms with E-state index in [1.54, 1.807) is 35.2 Å². The summed E-state index contributed by atoms with van der Waals surface area (Å²) in [5.74, 6) is 0.0781. The number of likely N-dealkylation sites (tertiary alicyclic amines) is 1. The molecule has 3 amide bonds. The van der Waals surface area contributed by atoms with E-state index in [1.807, 2.05) is 0 Å². The Hall–Kier alpha value is -3.38. The number of halogens is 1. The summed E-state index contributed by atoms with van der Waals surface area (Å²) in [5, 5.41) is 10.3. The fourth-order valence-corrected chi connectivity index (χ4v) is 5.05. The summed E-state index contributed by atoms with van der Waals surface area (Å²) in [6.07, 6.45) is 3.42. The average Bonchev–Trinajstić information content (AvgIpc) is 3.49. The second-order valence-corrected chi connectivity index (χ2v) is 9.94. The maximum absolute atomic E-state index is 12.9. The first kappa shape index (κ1) is 25.7. The zero-order valence-electron chi connectivity index (χ0n) is 19.3.